The number of ether oxygens (including phenoxy) is 2. The van der Waals surface area contributed by atoms with Crippen LogP contribution in [0.4, 0.5) is 0 Å². The zero-order valence-corrected chi connectivity index (χ0v) is 11.1. The van der Waals surface area contributed by atoms with Crippen molar-refractivity contribution in [2.75, 3.05) is 32.9 Å². The van der Waals surface area contributed by atoms with E-state index in [2.05, 4.69) is 5.32 Å². The zero-order chi connectivity index (χ0) is 12.6. The lowest BCUT2D eigenvalue weighted by molar-refractivity contribution is 0.0803. The Bertz CT molecular complexity index is 329. The van der Waals surface area contributed by atoms with Gasteiger partial charge in [-0.1, -0.05) is 18.2 Å². The lowest BCUT2D eigenvalue weighted by Crippen LogP contribution is -2.40. The van der Waals surface area contributed by atoms with Crippen LogP contribution in [-0.4, -0.2) is 32.9 Å². The average molecular weight is 249 g/mol. The van der Waals surface area contributed by atoms with Gasteiger partial charge in [-0.05, 0) is 31.4 Å². The smallest absolute Gasteiger partial charge is 0.119 e. The Labute approximate surface area is 109 Å². The third-order valence-corrected chi connectivity index (χ3v) is 3.32. The van der Waals surface area contributed by atoms with Gasteiger partial charge < -0.3 is 14.8 Å². The molecule has 2 rings (SSSR count). The first-order valence-corrected chi connectivity index (χ1v) is 6.84. The Balaban J connectivity index is 1.72. The summed E-state index contributed by atoms with van der Waals surface area (Å²) in [5, 5.41) is 3.47. The van der Waals surface area contributed by atoms with Gasteiger partial charge in [-0.25, -0.2) is 0 Å². The molecule has 3 heteroatoms. The fourth-order valence-electron chi connectivity index (χ4n) is 2.40. The van der Waals surface area contributed by atoms with Crippen molar-refractivity contribution in [1.29, 1.82) is 0 Å². The monoisotopic (exact) mass is 249 g/mol. The Hall–Kier alpha value is -1.06. The van der Waals surface area contributed by atoms with Gasteiger partial charge in [-0.2, -0.15) is 0 Å². The minimum absolute atomic E-state index is 0.587. The molecule has 0 saturated carbocycles. The molecule has 100 valence electrons. The highest BCUT2D eigenvalue weighted by Gasteiger charge is 2.22. The van der Waals surface area contributed by atoms with Crippen LogP contribution in [0.2, 0.25) is 0 Å². The van der Waals surface area contributed by atoms with E-state index in [1.165, 1.54) is 6.42 Å². The van der Waals surface area contributed by atoms with E-state index in [0.29, 0.717) is 11.8 Å². The maximum Gasteiger partial charge on any atom is 0.119 e. The van der Waals surface area contributed by atoms with Crippen LogP contribution in [0.5, 0.6) is 5.75 Å². The summed E-state index contributed by atoms with van der Waals surface area (Å²) in [7, 11) is 0. The third-order valence-electron chi connectivity index (χ3n) is 3.32. The van der Waals surface area contributed by atoms with E-state index in [0.717, 1.165) is 38.7 Å². The van der Waals surface area contributed by atoms with Crippen molar-refractivity contribution in [3.05, 3.63) is 30.3 Å². The molecular weight excluding hydrogens is 226 g/mol. The molecule has 1 fully saturated rings. The van der Waals surface area contributed by atoms with Gasteiger partial charge in [-0.15, -0.1) is 0 Å². The standard InChI is InChI=1S/C15H23NO2/c1-2-17-11-13-8-14(10-16-9-13)12-18-15-6-4-3-5-7-15/h3-7,13-14,16H,2,8-12H2,1H3/t13-,14+/m1/s1. The second-order valence-electron chi connectivity index (χ2n) is 4.91. The van der Waals surface area contributed by atoms with Crippen LogP contribution in [0.15, 0.2) is 30.3 Å². The fraction of sp³-hybridized carbons (Fsp3) is 0.600. The van der Waals surface area contributed by atoms with Crippen LogP contribution in [0.25, 0.3) is 0 Å². The largest absolute Gasteiger partial charge is 0.493 e. The zero-order valence-electron chi connectivity index (χ0n) is 11.1. The normalized spacial score (nSPS) is 23.8. The summed E-state index contributed by atoms with van der Waals surface area (Å²) in [6.07, 6.45) is 1.19. The number of hydrogen-bond donors (Lipinski definition) is 1. The molecule has 0 unspecified atom stereocenters. The minimum atomic E-state index is 0.587. The Morgan fingerprint density at radius 3 is 2.56 bits per heavy atom. The fourth-order valence-corrected chi connectivity index (χ4v) is 2.40. The highest BCUT2D eigenvalue weighted by molar-refractivity contribution is 5.20. The number of benzene rings is 1. The molecule has 1 N–H and O–H groups in total. The van der Waals surface area contributed by atoms with Gasteiger partial charge in [0.2, 0.25) is 0 Å². The summed E-state index contributed by atoms with van der Waals surface area (Å²) in [6.45, 7) is 6.64. The molecule has 0 bridgehead atoms. The van der Waals surface area contributed by atoms with Crippen molar-refractivity contribution in [3.8, 4) is 5.75 Å². The highest BCUT2D eigenvalue weighted by atomic mass is 16.5. The maximum atomic E-state index is 5.82. The summed E-state index contributed by atoms with van der Waals surface area (Å²) in [6, 6.07) is 10.0. The molecule has 0 amide bonds. The second kappa shape index (κ2) is 7.39. The second-order valence-corrected chi connectivity index (χ2v) is 4.91. The first-order valence-electron chi connectivity index (χ1n) is 6.84. The summed E-state index contributed by atoms with van der Waals surface area (Å²) >= 11 is 0. The molecular formula is C15H23NO2. The first kappa shape index (κ1) is 13.4. The first-order chi connectivity index (χ1) is 8.88. The maximum absolute atomic E-state index is 5.82. The number of rotatable bonds is 6. The molecule has 2 atom stereocenters. The topological polar surface area (TPSA) is 30.5 Å². The van der Waals surface area contributed by atoms with E-state index >= 15 is 0 Å². The SMILES string of the molecule is CCOC[C@H]1CNC[C@@H](COc2ccccc2)C1. The van der Waals surface area contributed by atoms with Gasteiger partial charge in [-0.3, -0.25) is 0 Å². The Morgan fingerprint density at radius 2 is 1.83 bits per heavy atom. The molecule has 1 aromatic carbocycles. The number of para-hydroxylation sites is 1. The number of nitrogens with one attached hydrogen (secondary N) is 1. The van der Waals surface area contributed by atoms with Gasteiger partial charge in [0.15, 0.2) is 0 Å². The van der Waals surface area contributed by atoms with E-state index in [4.69, 9.17) is 9.47 Å². The van der Waals surface area contributed by atoms with Crippen molar-refractivity contribution in [2.24, 2.45) is 11.8 Å². The average Bonchev–Trinajstić information content (AvgIpc) is 2.44. The van der Waals surface area contributed by atoms with Crippen LogP contribution < -0.4 is 10.1 Å². The molecule has 0 aromatic heterocycles. The van der Waals surface area contributed by atoms with Crippen LogP contribution >= 0.6 is 0 Å². The summed E-state index contributed by atoms with van der Waals surface area (Å²) in [4.78, 5) is 0. The minimum Gasteiger partial charge on any atom is -0.493 e. The van der Waals surface area contributed by atoms with E-state index in [1.807, 2.05) is 37.3 Å². The lowest BCUT2D eigenvalue weighted by Gasteiger charge is -2.29. The van der Waals surface area contributed by atoms with Crippen LogP contribution in [0.3, 0.4) is 0 Å². The molecule has 0 aliphatic carbocycles. The van der Waals surface area contributed by atoms with Gasteiger partial charge in [0.05, 0.1) is 13.2 Å². The van der Waals surface area contributed by atoms with Crippen LogP contribution in [0, 0.1) is 11.8 Å². The number of hydrogen-bond acceptors (Lipinski definition) is 3. The molecule has 1 aliphatic heterocycles. The predicted molar refractivity (Wildman–Crippen MR) is 72.9 cm³/mol. The molecule has 0 radical (unpaired) electrons. The van der Waals surface area contributed by atoms with Gasteiger partial charge >= 0.3 is 0 Å². The summed E-state index contributed by atoms with van der Waals surface area (Å²) < 4.78 is 11.3. The molecule has 3 nitrogen and oxygen atoms in total. The molecule has 1 aromatic rings. The number of piperidine rings is 1. The van der Waals surface area contributed by atoms with Crippen LogP contribution in [0.1, 0.15) is 13.3 Å². The van der Waals surface area contributed by atoms with E-state index in [9.17, 15) is 0 Å². The summed E-state index contributed by atoms with van der Waals surface area (Å²) in [5.74, 6) is 2.18. The summed E-state index contributed by atoms with van der Waals surface area (Å²) in [5.41, 5.74) is 0. The molecule has 1 saturated heterocycles. The van der Waals surface area contributed by atoms with Gasteiger partial charge in [0, 0.05) is 25.6 Å². The van der Waals surface area contributed by atoms with E-state index in [-0.39, 0.29) is 0 Å². The lowest BCUT2D eigenvalue weighted by atomic mass is 9.91. The van der Waals surface area contributed by atoms with Crippen molar-refractivity contribution in [2.45, 2.75) is 13.3 Å². The van der Waals surface area contributed by atoms with E-state index in [1.54, 1.807) is 0 Å². The molecule has 18 heavy (non-hydrogen) atoms. The highest BCUT2D eigenvalue weighted by Crippen LogP contribution is 2.18. The predicted octanol–water partition coefficient (Wildman–Crippen LogP) is 2.33. The van der Waals surface area contributed by atoms with Gasteiger partial charge in [0.25, 0.3) is 0 Å². The van der Waals surface area contributed by atoms with Crippen molar-refractivity contribution >= 4 is 0 Å². The molecule has 1 aliphatic rings. The van der Waals surface area contributed by atoms with Crippen molar-refractivity contribution in [3.63, 3.8) is 0 Å². The molecule has 1 heterocycles. The van der Waals surface area contributed by atoms with Crippen molar-refractivity contribution in [1.82, 2.24) is 5.32 Å². The Morgan fingerprint density at radius 1 is 1.11 bits per heavy atom. The van der Waals surface area contributed by atoms with Crippen molar-refractivity contribution < 1.29 is 9.47 Å². The Kier molecular flexibility index (Phi) is 5.49. The quantitative estimate of drug-likeness (QED) is 0.839. The molecule has 0 spiro atoms. The third kappa shape index (κ3) is 4.31. The van der Waals surface area contributed by atoms with E-state index < -0.39 is 0 Å². The van der Waals surface area contributed by atoms with Gasteiger partial charge in [0.1, 0.15) is 5.75 Å². The van der Waals surface area contributed by atoms with Crippen LogP contribution in [-0.2, 0) is 4.74 Å².